The number of nitrogens with zero attached hydrogens (tertiary/aromatic N) is 11. The highest BCUT2D eigenvalue weighted by molar-refractivity contribution is 7.92. The van der Waals surface area contributed by atoms with Gasteiger partial charge in [-0.15, -0.1) is 0 Å². The lowest BCUT2D eigenvalue weighted by molar-refractivity contribution is -0.121. The minimum absolute atomic E-state index is 0.00258. The number of pyridine rings is 1. The van der Waals surface area contributed by atoms with Crippen molar-refractivity contribution in [3.63, 3.8) is 0 Å². The SMILES string of the molecule is CC1=C(C)C(=Nc2ncnc3cc(OCCCN4CCN(c5ncc(OC[C@H]6CN(C[C@H]7CN[C@H](C)CN7CC(=O)N7CC(C)(C)c8c7cc(Cc7ccc(F)cc7)c(=O)n8C)[C@H](C)CO6)cn5)CC4)c(S(=O)(=O)C(C)(C)C)cc23)CN1. The zero-order valence-electron chi connectivity index (χ0n) is 49.2. The van der Waals surface area contributed by atoms with E-state index in [1.807, 2.05) is 24.8 Å². The van der Waals surface area contributed by atoms with E-state index in [9.17, 15) is 22.4 Å². The van der Waals surface area contributed by atoms with Crippen LogP contribution in [0.4, 0.5) is 21.8 Å². The van der Waals surface area contributed by atoms with Crippen LogP contribution >= 0.6 is 0 Å². The van der Waals surface area contributed by atoms with Gasteiger partial charge in [0.2, 0.25) is 11.9 Å². The van der Waals surface area contributed by atoms with Crippen LogP contribution in [0.3, 0.4) is 0 Å². The van der Waals surface area contributed by atoms with Crippen LogP contribution in [0.1, 0.15) is 85.6 Å². The first-order valence-corrected chi connectivity index (χ1v) is 30.2. The number of piperazine rings is 2. The zero-order valence-corrected chi connectivity index (χ0v) is 50.0. The third-order valence-electron chi connectivity index (χ3n) is 16.8. The number of rotatable bonds is 17. The van der Waals surface area contributed by atoms with Gasteiger partial charge in [0.1, 0.15) is 35.5 Å². The van der Waals surface area contributed by atoms with Crippen molar-refractivity contribution in [2.75, 3.05) is 108 Å². The normalized spacial score (nSPS) is 22.5. The molecule has 8 heterocycles. The molecule has 0 unspecified atom stereocenters. The van der Waals surface area contributed by atoms with Crippen LogP contribution in [0.2, 0.25) is 0 Å². The summed E-state index contributed by atoms with van der Waals surface area (Å²) in [4.78, 5) is 62.5. The fraction of sp³-hybridized carbons (Fsp3) is 0.550. The van der Waals surface area contributed by atoms with E-state index in [-0.39, 0.29) is 58.7 Å². The van der Waals surface area contributed by atoms with Crippen molar-refractivity contribution < 1.29 is 31.8 Å². The summed E-state index contributed by atoms with van der Waals surface area (Å²) >= 11 is 0. The molecule has 3 fully saturated rings. The Morgan fingerprint density at radius 2 is 1.71 bits per heavy atom. The molecule has 1 amide bonds. The van der Waals surface area contributed by atoms with Gasteiger partial charge in [-0.25, -0.2) is 37.7 Å². The zero-order chi connectivity index (χ0) is 58.3. The first-order valence-electron chi connectivity index (χ1n) is 28.7. The molecule has 0 aliphatic carbocycles. The number of morpholine rings is 1. The van der Waals surface area contributed by atoms with Crippen molar-refractivity contribution >= 4 is 49.8 Å². The Morgan fingerprint density at radius 3 is 2.41 bits per heavy atom. The molecule has 20 nitrogen and oxygen atoms in total. The molecule has 0 spiro atoms. The number of hydrogen-bond acceptors (Lipinski definition) is 18. The van der Waals surface area contributed by atoms with Gasteiger partial charge in [-0.2, -0.15) is 0 Å². The van der Waals surface area contributed by atoms with Crippen LogP contribution in [0.25, 0.3) is 10.9 Å². The van der Waals surface area contributed by atoms with Gasteiger partial charge < -0.3 is 39.2 Å². The topological polar surface area (TPSA) is 205 Å². The first kappa shape index (κ1) is 58.8. The Labute approximate surface area is 481 Å². The summed E-state index contributed by atoms with van der Waals surface area (Å²) in [5, 5.41) is 7.51. The Kier molecular flexibility index (Phi) is 17.2. The molecule has 2 N–H and O–H groups in total. The number of benzene rings is 2. The van der Waals surface area contributed by atoms with E-state index >= 15 is 0 Å². The maximum absolute atomic E-state index is 14.5. The molecule has 0 bridgehead atoms. The number of nitrogens with one attached hydrogen (secondary N) is 2. The average molecular weight is 1150 g/mol. The lowest BCUT2D eigenvalue weighted by atomic mass is 9.90. The van der Waals surface area contributed by atoms with Crippen LogP contribution in [-0.2, 0) is 38.3 Å². The Balaban J connectivity index is 0.696. The number of hydrogen-bond donors (Lipinski definition) is 2. The summed E-state index contributed by atoms with van der Waals surface area (Å²) in [6.07, 6.45) is 5.74. The number of amides is 1. The second-order valence-electron chi connectivity index (χ2n) is 24.4. The van der Waals surface area contributed by atoms with Gasteiger partial charge in [0.05, 0.1) is 66.1 Å². The molecule has 0 saturated carbocycles. The molecule has 4 atom stereocenters. The lowest BCUT2D eigenvalue weighted by Gasteiger charge is -2.45. The maximum Gasteiger partial charge on any atom is 0.254 e. The van der Waals surface area contributed by atoms with Crippen molar-refractivity contribution in [2.45, 2.75) is 114 Å². The van der Waals surface area contributed by atoms with Crippen molar-refractivity contribution in [2.24, 2.45) is 12.0 Å². The van der Waals surface area contributed by atoms with Crippen molar-refractivity contribution in [3.05, 3.63) is 105 Å². The third kappa shape index (κ3) is 12.7. The molecule has 0 radical (unpaired) electrons. The number of carbonyl (C=O) groups excluding carboxylic acids is 1. The standard InChI is InChI=1S/C60H80FN13O7S/c1-38-30-73(33-54(75)74-36-60(8,9)55-51(74)23-43(57(76)69(55)10)22-42-12-14-44(61)15-13-42)45(26-62-38)31-72-32-47(80-34-39(72)2)35-81-46-27-64-58(65-28-46)71-19-17-70(18-20-71)16-11-21-79-52-25-49-48(24-53(52)82(77,78)59(5,6)7)56(67-37-66-49)68-50-29-63-41(4)40(50)3/h12-15,23-25,27-28,37-39,45,47,62-63H,11,16-22,26,29-36H2,1-10H3/t38-,39-,45-,47-/m1/s1. The summed E-state index contributed by atoms with van der Waals surface area (Å²) in [6.45, 7) is 26.8. The highest BCUT2D eigenvalue weighted by Gasteiger charge is 2.43. The highest BCUT2D eigenvalue weighted by atomic mass is 32.2. The highest BCUT2D eigenvalue weighted by Crippen LogP contribution is 2.41. The van der Waals surface area contributed by atoms with Crippen LogP contribution in [0.5, 0.6) is 11.5 Å². The van der Waals surface area contributed by atoms with Crippen LogP contribution < -0.4 is 35.5 Å². The number of carbonyl (C=O) groups is 1. The molecule has 5 aliphatic heterocycles. The van der Waals surface area contributed by atoms with E-state index in [2.05, 4.69) is 77.9 Å². The van der Waals surface area contributed by atoms with Gasteiger partial charge >= 0.3 is 0 Å². The van der Waals surface area contributed by atoms with Crippen LogP contribution in [-0.4, -0.2) is 187 Å². The third-order valence-corrected chi connectivity index (χ3v) is 19.3. The van der Waals surface area contributed by atoms with Gasteiger partial charge in [0.25, 0.3) is 5.56 Å². The lowest BCUT2D eigenvalue weighted by Crippen LogP contribution is -2.63. The molecule has 22 heteroatoms. The molecule has 10 rings (SSSR count). The van der Waals surface area contributed by atoms with Gasteiger partial charge in [0.15, 0.2) is 21.4 Å². The fourth-order valence-corrected chi connectivity index (χ4v) is 13.1. The Morgan fingerprint density at radius 1 is 0.963 bits per heavy atom. The molecule has 440 valence electrons. The minimum atomic E-state index is -3.81. The van der Waals surface area contributed by atoms with Crippen molar-refractivity contribution in [3.8, 4) is 11.5 Å². The number of anilines is 2. The summed E-state index contributed by atoms with van der Waals surface area (Å²) in [7, 11) is -2.03. The Bertz CT molecular complexity index is 3400. The maximum atomic E-state index is 14.5. The minimum Gasteiger partial charge on any atom is -0.492 e. The second-order valence-corrected chi connectivity index (χ2v) is 27.1. The summed E-state index contributed by atoms with van der Waals surface area (Å²) in [5.41, 5.74) is 5.96. The van der Waals surface area contributed by atoms with Crippen molar-refractivity contribution in [1.82, 2.24) is 49.8 Å². The van der Waals surface area contributed by atoms with Crippen LogP contribution in [0.15, 0.2) is 87.1 Å². The second kappa shape index (κ2) is 24.0. The predicted molar refractivity (Wildman–Crippen MR) is 316 cm³/mol. The number of allylic oxidation sites excluding steroid dienone is 1. The van der Waals surface area contributed by atoms with E-state index in [4.69, 9.17) is 19.2 Å². The number of ether oxygens (including phenoxy) is 3. The number of sulfone groups is 1. The molecule has 82 heavy (non-hydrogen) atoms. The summed E-state index contributed by atoms with van der Waals surface area (Å²) < 4.78 is 61.2. The van der Waals surface area contributed by atoms with Crippen molar-refractivity contribution in [1.29, 1.82) is 0 Å². The van der Waals surface area contributed by atoms with E-state index < -0.39 is 20.0 Å². The largest absolute Gasteiger partial charge is 0.492 e. The van der Waals surface area contributed by atoms with E-state index in [0.717, 1.165) is 79.7 Å². The molecule has 3 saturated heterocycles. The predicted octanol–water partition coefficient (Wildman–Crippen LogP) is 5.44. The van der Waals surface area contributed by atoms with Gasteiger partial charge in [-0.05, 0) is 90.3 Å². The van der Waals surface area contributed by atoms with Gasteiger partial charge in [0, 0.05) is 125 Å². The molecule has 3 aromatic heterocycles. The van der Waals surface area contributed by atoms with Gasteiger partial charge in [-0.3, -0.25) is 24.3 Å². The summed E-state index contributed by atoms with van der Waals surface area (Å²) in [5.74, 6) is 1.57. The molecule has 2 aromatic carbocycles. The molecular formula is C60H80FN13O7S. The Hall–Kier alpha value is -6.43. The quantitative estimate of drug-likeness (QED) is 0.111. The number of halogens is 1. The smallest absolute Gasteiger partial charge is 0.254 e. The van der Waals surface area contributed by atoms with Gasteiger partial charge in [-0.1, -0.05) is 26.0 Å². The fourth-order valence-electron chi connectivity index (χ4n) is 11.8. The number of fused-ring (bicyclic) bond motifs is 2. The molecule has 5 aromatic rings. The monoisotopic (exact) mass is 1150 g/mol. The number of aromatic nitrogens is 5. The van der Waals surface area contributed by atoms with E-state index in [1.165, 1.54) is 18.5 Å². The first-order chi connectivity index (χ1) is 39.0. The molecular weight excluding hydrogens is 1070 g/mol. The van der Waals surface area contributed by atoms with E-state index in [0.29, 0.717) is 92.8 Å². The number of aliphatic imine (C=N–C) groups is 1. The molecule has 5 aliphatic rings. The average Bonchev–Trinajstić information content (AvgIpc) is 4.13. The van der Waals surface area contributed by atoms with E-state index in [1.54, 1.807) is 69.0 Å². The van der Waals surface area contributed by atoms with Crippen LogP contribution in [0, 0.1) is 5.82 Å². The summed E-state index contributed by atoms with van der Waals surface area (Å²) in [6, 6.07) is 11.8.